The molecule has 0 unspecified atom stereocenters. The number of nitrogens with zero attached hydrogens (tertiary/aromatic N) is 3. The van der Waals surface area contributed by atoms with Crippen LogP contribution in [0.15, 0.2) is 34.9 Å². The zero-order chi connectivity index (χ0) is 18.5. The fraction of sp³-hybridized carbons (Fsp3) is 0.350. The number of carbonyl (C=O) groups is 1. The van der Waals surface area contributed by atoms with E-state index in [-0.39, 0.29) is 11.7 Å². The molecule has 0 radical (unpaired) electrons. The van der Waals surface area contributed by atoms with Crippen LogP contribution in [0.5, 0.6) is 0 Å². The Hall–Kier alpha value is -2.80. The number of aryl methyl sites for hydroxylation is 1. The van der Waals surface area contributed by atoms with Crippen molar-refractivity contribution in [3.63, 3.8) is 0 Å². The van der Waals surface area contributed by atoms with E-state index in [1.165, 1.54) is 12.1 Å². The van der Waals surface area contributed by atoms with Gasteiger partial charge in [-0.2, -0.15) is 0 Å². The molecule has 2 atom stereocenters. The fourth-order valence-electron chi connectivity index (χ4n) is 4.22. The third-order valence-corrected chi connectivity index (χ3v) is 5.66. The first-order valence-corrected chi connectivity index (χ1v) is 9.13. The molecule has 1 N–H and O–H groups in total. The van der Waals surface area contributed by atoms with Gasteiger partial charge in [0, 0.05) is 31.7 Å². The van der Waals surface area contributed by atoms with Crippen LogP contribution in [0.25, 0.3) is 22.4 Å². The highest BCUT2D eigenvalue weighted by Gasteiger charge is 2.39. The standard InChI is InChI=1S/C20H19FN4O2/c1-11-18-16(20(26)25-9-13-7-22-8-14(13)10-25)6-17(23-19(18)27-24-11)12-2-4-15(21)5-3-12/h2-6,13-14,22H,7-10H2,1H3/t13-,14+. The maximum Gasteiger partial charge on any atom is 0.259 e. The molecule has 3 aromatic rings. The predicted octanol–water partition coefficient (Wildman–Crippen LogP) is 2.63. The van der Waals surface area contributed by atoms with Crippen molar-refractivity contribution in [3.05, 3.63) is 47.4 Å². The summed E-state index contributed by atoms with van der Waals surface area (Å²) in [6.45, 7) is 5.26. The first-order chi connectivity index (χ1) is 13.1. The summed E-state index contributed by atoms with van der Waals surface area (Å²) in [5.41, 5.74) is 2.82. The number of pyridine rings is 1. The van der Waals surface area contributed by atoms with E-state index in [4.69, 9.17) is 4.52 Å². The van der Waals surface area contributed by atoms with E-state index in [1.807, 2.05) is 11.8 Å². The van der Waals surface area contributed by atoms with Gasteiger partial charge in [-0.15, -0.1) is 0 Å². The minimum Gasteiger partial charge on any atom is -0.338 e. The van der Waals surface area contributed by atoms with Gasteiger partial charge in [0.25, 0.3) is 11.6 Å². The van der Waals surface area contributed by atoms with Gasteiger partial charge in [0.2, 0.25) is 0 Å². The van der Waals surface area contributed by atoms with E-state index in [9.17, 15) is 9.18 Å². The van der Waals surface area contributed by atoms with E-state index in [1.54, 1.807) is 18.2 Å². The molecule has 0 saturated carbocycles. The third kappa shape index (κ3) is 2.70. The second-order valence-electron chi connectivity index (χ2n) is 7.40. The van der Waals surface area contributed by atoms with Crippen molar-refractivity contribution in [3.8, 4) is 11.3 Å². The number of hydrogen-bond donors (Lipinski definition) is 1. The molecule has 1 amide bonds. The number of halogens is 1. The molecule has 6 nitrogen and oxygen atoms in total. The second-order valence-corrected chi connectivity index (χ2v) is 7.40. The van der Waals surface area contributed by atoms with Gasteiger partial charge in [0.1, 0.15) is 5.82 Å². The first kappa shape index (κ1) is 16.4. The lowest BCUT2D eigenvalue weighted by molar-refractivity contribution is 0.0783. The molecule has 0 bridgehead atoms. The molecular weight excluding hydrogens is 347 g/mol. The average molecular weight is 366 g/mol. The van der Waals surface area contributed by atoms with Gasteiger partial charge in [-0.05, 0) is 49.1 Å². The molecule has 7 heteroatoms. The Morgan fingerprint density at radius 1 is 1.22 bits per heavy atom. The molecule has 5 rings (SSSR count). The monoisotopic (exact) mass is 366 g/mol. The lowest BCUT2D eigenvalue weighted by Crippen LogP contribution is -2.32. The summed E-state index contributed by atoms with van der Waals surface area (Å²) in [7, 11) is 0. The number of nitrogens with one attached hydrogen (secondary N) is 1. The molecule has 0 spiro atoms. The Labute approximate surface area is 155 Å². The molecule has 2 fully saturated rings. The highest BCUT2D eigenvalue weighted by Crippen LogP contribution is 2.31. The van der Waals surface area contributed by atoms with Crippen LogP contribution in [0.3, 0.4) is 0 Å². The number of carbonyl (C=O) groups excluding carboxylic acids is 1. The van der Waals surface area contributed by atoms with Gasteiger partial charge in [-0.25, -0.2) is 9.37 Å². The van der Waals surface area contributed by atoms with E-state index in [0.29, 0.717) is 39.9 Å². The summed E-state index contributed by atoms with van der Waals surface area (Å²) in [6.07, 6.45) is 0. The molecular formula is C20H19FN4O2. The van der Waals surface area contributed by atoms with E-state index in [0.717, 1.165) is 31.7 Å². The maximum atomic E-state index is 13.3. The highest BCUT2D eigenvalue weighted by atomic mass is 19.1. The Morgan fingerprint density at radius 2 is 1.93 bits per heavy atom. The molecule has 2 aliphatic heterocycles. The van der Waals surface area contributed by atoms with Crippen LogP contribution >= 0.6 is 0 Å². The number of hydrogen-bond acceptors (Lipinski definition) is 5. The van der Waals surface area contributed by atoms with Crippen molar-refractivity contribution >= 4 is 17.0 Å². The number of likely N-dealkylation sites (tertiary alicyclic amines) is 1. The van der Waals surface area contributed by atoms with Crippen molar-refractivity contribution in [1.29, 1.82) is 0 Å². The zero-order valence-electron chi connectivity index (χ0n) is 14.9. The molecule has 2 aliphatic rings. The number of rotatable bonds is 2. The topological polar surface area (TPSA) is 71.3 Å². The number of aromatic nitrogens is 2. The van der Waals surface area contributed by atoms with Gasteiger partial charge in [0.15, 0.2) is 0 Å². The largest absolute Gasteiger partial charge is 0.338 e. The molecule has 2 aromatic heterocycles. The lowest BCUT2D eigenvalue weighted by atomic mass is 10.0. The highest BCUT2D eigenvalue weighted by molar-refractivity contribution is 6.07. The van der Waals surface area contributed by atoms with Gasteiger partial charge < -0.3 is 14.7 Å². The molecule has 2 saturated heterocycles. The fourth-order valence-corrected chi connectivity index (χ4v) is 4.22. The summed E-state index contributed by atoms with van der Waals surface area (Å²) in [5, 5.41) is 8.04. The second kappa shape index (κ2) is 6.13. The predicted molar refractivity (Wildman–Crippen MR) is 97.7 cm³/mol. The Kier molecular flexibility index (Phi) is 3.72. The summed E-state index contributed by atoms with van der Waals surface area (Å²) in [6, 6.07) is 7.82. The van der Waals surface area contributed by atoms with E-state index < -0.39 is 0 Å². The van der Waals surface area contributed by atoms with Crippen molar-refractivity contribution in [2.24, 2.45) is 11.8 Å². The van der Waals surface area contributed by atoms with Crippen LogP contribution in [-0.4, -0.2) is 47.1 Å². The maximum absolute atomic E-state index is 13.3. The summed E-state index contributed by atoms with van der Waals surface area (Å²) in [5.74, 6) is 0.702. The van der Waals surface area contributed by atoms with Gasteiger partial charge in [-0.3, -0.25) is 4.79 Å². The van der Waals surface area contributed by atoms with Crippen molar-refractivity contribution in [2.45, 2.75) is 6.92 Å². The van der Waals surface area contributed by atoms with E-state index >= 15 is 0 Å². The molecule has 1 aromatic carbocycles. The van der Waals surface area contributed by atoms with Crippen LogP contribution in [-0.2, 0) is 0 Å². The van der Waals surface area contributed by atoms with Gasteiger partial charge in [-0.1, -0.05) is 5.16 Å². The lowest BCUT2D eigenvalue weighted by Gasteiger charge is -2.18. The minimum absolute atomic E-state index is 0.0218. The van der Waals surface area contributed by atoms with Crippen molar-refractivity contribution in [1.82, 2.24) is 20.4 Å². The van der Waals surface area contributed by atoms with Crippen molar-refractivity contribution < 1.29 is 13.7 Å². The molecule has 138 valence electrons. The molecule has 27 heavy (non-hydrogen) atoms. The minimum atomic E-state index is -0.316. The van der Waals surface area contributed by atoms with Crippen LogP contribution in [0, 0.1) is 24.6 Å². The summed E-state index contributed by atoms with van der Waals surface area (Å²) in [4.78, 5) is 19.7. The molecule has 4 heterocycles. The number of benzene rings is 1. The Morgan fingerprint density at radius 3 is 2.63 bits per heavy atom. The third-order valence-electron chi connectivity index (χ3n) is 5.66. The summed E-state index contributed by atoms with van der Waals surface area (Å²) >= 11 is 0. The zero-order valence-corrected chi connectivity index (χ0v) is 14.9. The average Bonchev–Trinajstić information content (AvgIpc) is 3.36. The van der Waals surface area contributed by atoms with Gasteiger partial charge in [0.05, 0.1) is 22.3 Å². The SMILES string of the molecule is Cc1noc2nc(-c3ccc(F)cc3)cc(C(=O)N3C[C@H]4CNC[C@H]4C3)c12. The molecule has 0 aliphatic carbocycles. The number of fused-ring (bicyclic) bond motifs is 2. The van der Waals surface area contributed by atoms with Gasteiger partial charge >= 0.3 is 0 Å². The van der Waals surface area contributed by atoms with E-state index in [2.05, 4.69) is 15.5 Å². The Balaban J connectivity index is 1.58. The van der Waals surface area contributed by atoms with Crippen LogP contribution in [0.1, 0.15) is 16.1 Å². The quantitative estimate of drug-likeness (QED) is 0.755. The Bertz CT molecular complexity index is 1020. The van der Waals surface area contributed by atoms with Crippen LogP contribution in [0.2, 0.25) is 0 Å². The van der Waals surface area contributed by atoms with Crippen LogP contribution in [0.4, 0.5) is 4.39 Å². The van der Waals surface area contributed by atoms with Crippen LogP contribution < -0.4 is 5.32 Å². The first-order valence-electron chi connectivity index (χ1n) is 9.13. The summed E-state index contributed by atoms with van der Waals surface area (Å²) < 4.78 is 18.6. The van der Waals surface area contributed by atoms with Crippen molar-refractivity contribution in [2.75, 3.05) is 26.2 Å². The normalized spacial score (nSPS) is 21.8. The smallest absolute Gasteiger partial charge is 0.259 e. The number of amides is 1.